The van der Waals surface area contributed by atoms with Crippen LogP contribution in [0, 0.1) is 5.92 Å². The van der Waals surface area contributed by atoms with E-state index in [-0.39, 0.29) is 44.6 Å². The Hall–Kier alpha value is -1.04. The Morgan fingerprint density at radius 2 is 1.15 bits per heavy atom. The molecule has 1 unspecified atom stereocenters. The van der Waals surface area contributed by atoms with Crippen molar-refractivity contribution in [3.63, 3.8) is 0 Å². The van der Waals surface area contributed by atoms with Gasteiger partial charge in [0, 0.05) is 6.61 Å². The second-order valence-electron chi connectivity index (χ2n) is 1.70. The Bertz CT molecular complexity index is 29.3. The first-order valence-corrected chi connectivity index (χ1v) is 2.42. The van der Waals surface area contributed by atoms with E-state index in [1.54, 1.807) is 0 Å². The van der Waals surface area contributed by atoms with Gasteiger partial charge in [0.05, 0.1) is 0 Å². The van der Waals surface area contributed by atoms with Crippen LogP contribution in [0.2, 0.25) is 0 Å². The minimum absolute atomic E-state index is 0. The monoisotopic (exact) mass is 451 g/mol. The Balaban J connectivity index is -0.00000000595. The molecule has 0 aliphatic heterocycles. The average molecular weight is 451 g/mol. The molecule has 0 aliphatic carbocycles. The molecule has 0 fully saturated rings. The topological polar surface area (TPSA) is 20.2 Å². The second kappa shape index (κ2) is 69.3. The minimum atomic E-state index is 0. The first-order chi connectivity index (χ1) is 2.81. The summed E-state index contributed by atoms with van der Waals surface area (Å²) in [6.07, 6.45) is 1.08. The molecule has 0 aromatic rings. The number of hydrogen-bond acceptors (Lipinski definition) is 1. The van der Waals surface area contributed by atoms with Crippen LogP contribution in [0.5, 0.6) is 0 Å². The van der Waals surface area contributed by atoms with Crippen molar-refractivity contribution in [2.75, 3.05) is 6.61 Å². The Morgan fingerprint density at radius 1 is 0.923 bits per heavy atom. The number of aliphatic hydroxyl groups is 1. The Kier molecular flexibility index (Phi) is 489. The van der Waals surface area contributed by atoms with Gasteiger partial charge in [-0.25, -0.2) is 0 Å². The fourth-order valence-corrected chi connectivity index (χ4v) is 0.129. The van der Waals surface area contributed by atoms with Gasteiger partial charge < -0.3 is 5.11 Å². The second-order valence-corrected chi connectivity index (χ2v) is 1.70. The fourth-order valence-electron chi connectivity index (χ4n) is 0.129. The summed E-state index contributed by atoms with van der Waals surface area (Å²) < 4.78 is 0. The Labute approximate surface area is 83.2 Å². The molecule has 0 bridgehead atoms. The molecule has 1 atom stereocenters. The van der Waals surface area contributed by atoms with Crippen molar-refractivity contribution in [2.45, 2.75) is 64.8 Å². The predicted octanol–water partition coefficient (Wildman–Crippen LogP) is 4.84. The predicted molar refractivity (Wildman–Crippen MR) is 66.9 cm³/mol. The van der Waals surface area contributed by atoms with Gasteiger partial charge in [-0.05, 0) is 5.92 Å². The van der Waals surface area contributed by atoms with Crippen molar-refractivity contribution in [2.24, 2.45) is 5.92 Å². The molecule has 0 aromatic heterocycles. The zero-order chi connectivity index (χ0) is 4.99. The molecule has 0 amide bonds. The maximum Gasteiger partial charge on any atom is 0.0456 e. The van der Waals surface area contributed by atoms with Gasteiger partial charge >= 0.3 is 0 Å². The van der Waals surface area contributed by atoms with Crippen molar-refractivity contribution in [1.82, 2.24) is 0 Å². The fraction of sp³-hybridized carbons (Fsp3) is 1.00. The molecular formula is C11H36ORf. The van der Waals surface area contributed by atoms with Crippen molar-refractivity contribution < 1.29 is 5.11 Å². The average Bonchev–Trinajstić information content (AvgIpc) is 1.65. The van der Waals surface area contributed by atoms with E-state index in [1.165, 1.54) is 0 Å². The van der Waals surface area contributed by atoms with Gasteiger partial charge in [-0.2, -0.15) is 0 Å². The van der Waals surface area contributed by atoms with E-state index in [0.29, 0.717) is 12.5 Å². The number of hydrogen-bond donors (Lipinski definition) is 1. The minimum Gasteiger partial charge on any atom is -0.396 e. The summed E-state index contributed by atoms with van der Waals surface area (Å²) in [4.78, 5) is 0. The largest absolute Gasteiger partial charge is 0.396 e. The summed E-state index contributed by atoms with van der Waals surface area (Å²) in [5.74, 6) is 0.491. The van der Waals surface area contributed by atoms with Gasteiger partial charge in [-0.15, -0.1) is 0 Å². The third-order valence-corrected chi connectivity index (χ3v) is 1.01. The molecule has 0 saturated heterocycles. The molecule has 88 valence electrons. The van der Waals surface area contributed by atoms with E-state index in [0.717, 1.165) is 6.42 Å². The molecule has 0 radical (unpaired) electrons. The number of rotatable bonds is 2. The van der Waals surface area contributed by atoms with Gasteiger partial charge in [-0.1, -0.05) is 64.8 Å². The van der Waals surface area contributed by atoms with Crippen LogP contribution in [0.4, 0.5) is 0 Å². The van der Waals surface area contributed by atoms with Gasteiger partial charge in [0.2, 0.25) is 0 Å². The third-order valence-electron chi connectivity index (χ3n) is 1.01. The van der Waals surface area contributed by atoms with Crippen LogP contribution in [0.1, 0.15) is 64.8 Å². The van der Waals surface area contributed by atoms with Gasteiger partial charge in [-0.3, -0.25) is 0 Å². The first-order valence-electron chi connectivity index (χ1n) is 2.42. The van der Waals surface area contributed by atoms with Crippen molar-refractivity contribution in [3.05, 3.63) is 0 Å². The quantitative estimate of drug-likeness (QED) is 0.637. The van der Waals surface area contributed by atoms with Gasteiger partial charge in [0.1, 0.15) is 0 Å². The maximum absolute atomic E-state index is 8.33. The smallest absolute Gasteiger partial charge is 0.0456 e. The SMILES string of the molecule is C.C.C.C.C.C.CCC(C)CO.[Rf]. The molecule has 0 heterocycles. The molecule has 0 aromatic carbocycles. The van der Waals surface area contributed by atoms with Crippen molar-refractivity contribution in [3.8, 4) is 0 Å². The summed E-state index contributed by atoms with van der Waals surface area (Å²) in [5, 5.41) is 8.33. The van der Waals surface area contributed by atoms with Crippen molar-refractivity contribution >= 4 is 0 Å². The standard InChI is InChI=1S/C5H12O.6CH4.Rf/c1-3-5(2)4-6;;;;;;;/h5-6H,3-4H2,1-2H3;6*1H4;. The molecule has 0 spiro atoms. The molecule has 0 aliphatic rings. The molecule has 13 heavy (non-hydrogen) atoms. The zero-order valence-corrected chi connectivity index (χ0v) is 11.5. The third kappa shape index (κ3) is 100. The van der Waals surface area contributed by atoms with E-state index >= 15 is 0 Å². The maximum atomic E-state index is 8.33. The molecule has 0 saturated carbocycles. The number of aliphatic hydroxyl groups excluding tert-OH is 1. The van der Waals surface area contributed by atoms with Crippen LogP contribution in [0.15, 0.2) is 0 Å². The Morgan fingerprint density at radius 3 is 1.15 bits per heavy atom. The molecule has 1 nitrogen and oxygen atoms in total. The molecule has 1 N–H and O–H groups in total. The van der Waals surface area contributed by atoms with E-state index in [1.807, 2.05) is 6.92 Å². The summed E-state index contributed by atoms with van der Waals surface area (Å²) >= 11 is 0. The van der Waals surface area contributed by atoms with Gasteiger partial charge in [0.15, 0.2) is 0 Å². The summed E-state index contributed by atoms with van der Waals surface area (Å²) in [6.45, 7) is 4.43. The molecule has 0 rings (SSSR count). The van der Waals surface area contributed by atoms with Crippen LogP contribution in [0.25, 0.3) is 0 Å². The summed E-state index contributed by atoms with van der Waals surface area (Å²) in [7, 11) is 0. The zero-order valence-electron chi connectivity index (χ0n) is 5.15. The normalized spacial score (nSPS) is 6.69. The van der Waals surface area contributed by atoms with Crippen LogP contribution in [0.3, 0.4) is 0 Å². The van der Waals surface area contributed by atoms with E-state index in [4.69, 9.17) is 5.11 Å². The van der Waals surface area contributed by atoms with E-state index in [2.05, 4.69) is 6.92 Å². The summed E-state index contributed by atoms with van der Waals surface area (Å²) in [6, 6.07) is 0. The van der Waals surface area contributed by atoms with Crippen molar-refractivity contribution in [1.29, 1.82) is 0 Å². The molecule has 2 heteroatoms. The van der Waals surface area contributed by atoms with Crippen LogP contribution in [-0.4, -0.2) is 11.7 Å². The van der Waals surface area contributed by atoms with E-state index < -0.39 is 0 Å². The van der Waals surface area contributed by atoms with E-state index in [9.17, 15) is 0 Å². The molecular weight excluding hydrogens is 415 g/mol. The van der Waals surface area contributed by atoms with Crippen LogP contribution in [-0.2, 0) is 0 Å². The van der Waals surface area contributed by atoms with Crippen LogP contribution >= 0.6 is 0 Å². The van der Waals surface area contributed by atoms with Crippen LogP contribution < -0.4 is 0 Å². The first kappa shape index (κ1) is 91.6. The summed E-state index contributed by atoms with van der Waals surface area (Å²) in [5.41, 5.74) is 0. The van der Waals surface area contributed by atoms with Gasteiger partial charge in [0.25, 0.3) is 0 Å².